The zero-order valence-electron chi connectivity index (χ0n) is 19.3. The van der Waals surface area contributed by atoms with Crippen LogP contribution in [0.4, 0.5) is 4.39 Å². The van der Waals surface area contributed by atoms with Crippen molar-refractivity contribution in [1.82, 2.24) is 13.5 Å². The molecule has 0 spiro atoms. The molecule has 0 aliphatic carbocycles. The summed E-state index contributed by atoms with van der Waals surface area (Å²) < 4.78 is 68.0. The quantitative estimate of drug-likeness (QED) is 0.584. The number of nitrogens with two attached hydrogens (primary N) is 1. The summed E-state index contributed by atoms with van der Waals surface area (Å²) in [4.78, 5) is 15.8. The molecule has 2 aromatic rings. The molecule has 2 atom stereocenters. The maximum Gasteiger partial charge on any atom is 0.252 e. The van der Waals surface area contributed by atoms with E-state index in [0.717, 1.165) is 22.5 Å². The molecule has 4 rings (SSSR count). The van der Waals surface area contributed by atoms with Crippen molar-refractivity contribution in [2.45, 2.75) is 23.1 Å². The Morgan fingerprint density at radius 1 is 1.03 bits per heavy atom. The highest BCUT2D eigenvalue weighted by Crippen LogP contribution is 2.36. The number of benzene rings is 1. The number of carbonyl (C=O) groups is 1. The highest BCUT2D eigenvalue weighted by atomic mass is 32.2. The third-order valence-electron chi connectivity index (χ3n) is 6.56. The minimum Gasteiger partial charge on any atom is -0.340 e. The molecule has 1 amide bonds. The van der Waals surface area contributed by atoms with Gasteiger partial charge in [0.05, 0.1) is 12.2 Å². The van der Waals surface area contributed by atoms with Crippen molar-refractivity contribution in [2.75, 3.05) is 45.5 Å². The van der Waals surface area contributed by atoms with E-state index in [0.29, 0.717) is 12.0 Å². The number of nitrogens with zero attached hydrogens (tertiary/aromatic N) is 3. The first-order valence-corrected chi connectivity index (χ1v) is 15.4. The molecule has 13 heteroatoms. The zero-order valence-corrected chi connectivity index (χ0v) is 21.8. The number of hydrogen-bond donors (Lipinski definition) is 1. The van der Waals surface area contributed by atoms with Crippen LogP contribution >= 0.6 is 11.3 Å². The van der Waals surface area contributed by atoms with Crippen molar-refractivity contribution in [2.24, 2.45) is 11.7 Å². The van der Waals surface area contributed by atoms with Crippen molar-refractivity contribution in [3.8, 4) is 0 Å². The molecule has 35 heavy (non-hydrogen) atoms. The third-order valence-corrected chi connectivity index (χ3v) is 11.3. The molecule has 2 unspecified atom stereocenters. The molecular weight excluding hydrogens is 515 g/mol. The van der Waals surface area contributed by atoms with Crippen LogP contribution in [0.2, 0.25) is 0 Å². The molecule has 2 aliphatic heterocycles. The van der Waals surface area contributed by atoms with Gasteiger partial charge in [-0.15, -0.1) is 11.3 Å². The molecule has 1 aromatic heterocycles. The fourth-order valence-electron chi connectivity index (χ4n) is 4.70. The van der Waals surface area contributed by atoms with Gasteiger partial charge in [-0.1, -0.05) is 18.2 Å². The van der Waals surface area contributed by atoms with E-state index >= 15 is 0 Å². The smallest absolute Gasteiger partial charge is 0.252 e. The minimum absolute atomic E-state index is 0.0196. The summed E-state index contributed by atoms with van der Waals surface area (Å²) in [6.07, 6.45) is 1.44. The van der Waals surface area contributed by atoms with Crippen LogP contribution < -0.4 is 5.73 Å². The SMILES string of the molecule is CS(=O)(=O)N1CCN(C(=O)C2CC(c3ccccc3F)CN(S(=O)(=O)c3ccc(CN)s3)C2)CC1. The van der Waals surface area contributed by atoms with Crippen LogP contribution in [0.1, 0.15) is 22.8 Å². The molecule has 2 aliphatic rings. The maximum absolute atomic E-state index is 14.7. The van der Waals surface area contributed by atoms with Gasteiger partial charge in [0.2, 0.25) is 15.9 Å². The monoisotopic (exact) mass is 544 g/mol. The second kappa shape index (κ2) is 10.2. The largest absolute Gasteiger partial charge is 0.340 e. The van der Waals surface area contributed by atoms with Crippen LogP contribution in [0, 0.1) is 11.7 Å². The van der Waals surface area contributed by atoms with Crippen LogP contribution in [0.15, 0.2) is 40.6 Å². The first-order chi connectivity index (χ1) is 16.5. The van der Waals surface area contributed by atoms with Gasteiger partial charge in [0, 0.05) is 56.6 Å². The summed E-state index contributed by atoms with van der Waals surface area (Å²) in [5.41, 5.74) is 6.03. The number of carbonyl (C=O) groups excluding carboxylic acids is 1. The second-order valence-electron chi connectivity index (χ2n) is 8.89. The highest BCUT2D eigenvalue weighted by Gasteiger charge is 2.41. The van der Waals surface area contributed by atoms with E-state index in [-0.39, 0.29) is 55.9 Å². The van der Waals surface area contributed by atoms with Gasteiger partial charge in [0.15, 0.2) is 0 Å². The fraction of sp³-hybridized carbons (Fsp3) is 0.500. The Bertz CT molecular complexity index is 1290. The van der Waals surface area contributed by atoms with Crippen LogP contribution in [0.5, 0.6) is 0 Å². The summed E-state index contributed by atoms with van der Waals surface area (Å²) in [6, 6.07) is 9.40. The number of halogens is 1. The summed E-state index contributed by atoms with van der Waals surface area (Å²) in [5, 5.41) is 0. The van der Waals surface area contributed by atoms with Gasteiger partial charge < -0.3 is 10.6 Å². The second-order valence-corrected chi connectivity index (χ2v) is 14.2. The van der Waals surface area contributed by atoms with E-state index in [2.05, 4.69) is 0 Å². The van der Waals surface area contributed by atoms with Gasteiger partial charge in [-0.25, -0.2) is 21.2 Å². The number of piperazine rings is 1. The first-order valence-electron chi connectivity index (χ1n) is 11.3. The summed E-state index contributed by atoms with van der Waals surface area (Å²) >= 11 is 1.09. The summed E-state index contributed by atoms with van der Waals surface area (Å²) in [5.74, 6) is -1.86. The first kappa shape index (κ1) is 26.2. The van der Waals surface area contributed by atoms with Crippen LogP contribution in [0.25, 0.3) is 0 Å². The molecule has 192 valence electrons. The van der Waals surface area contributed by atoms with Crippen LogP contribution in [-0.4, -0.2) is 81.8 Å². The normalized spacial score (nSPS) is 22.9. The van der Waals surface area contributed by atoms with Gasteiger partial charge in [-0.2, -0.15) is 8.61 Å². The molecule has 0 saturated carbocycles. The van der Waals surface area contributed by atoms with Gasteiger partial charge in [-0.3, -0.25) is 4.79 Å². The fourth-order valence-corrected chi connectivity index (χ4v) is 8.44. The minimum atomic E-state index is -3.91. The zero-order chi connectivity index (χ0) is 25.4. The average molecular weight is 545 g/mol. The molecule has 1 aromatic carbocycles. The molecule has 2 fully saturated rings. The number of hydrogen-bond acceptors (Lipinski definition) is 7. The molecule has 2 saturated heterocycles. The molecule has 0 radical (unpaired) electrons. The average Bonchev–Trinajstić information content (AvgIpc) is 3.33. The van der Waals surface area contributed by atoms with E-state index in [9.17, 15) is 26.0 Å². The lowest BCUT2D eigenvalue weighted by molar-refractivity contribution is -0.138. The maximum atomic E-state index is 14.7. The van der Waals surface area contributed by atoms with E-state index in [1.807, 2.05) is 0 Å². The van der Waals surface area contributed by atoms with E-state index in [4.69, 9.17) is 5.73 Å². The van der Waals surface area contributed by atoms with Crippen molar-refractivity contribution in [3.63, 3.8) is 0 Å². The lowest BCUT2D eigenvalue weighted by atomic mass is 9.84. The topological polar surface area (TPSA) is 121 Å². The molecule has 3 heterocycles. The summed E-state index contributed by atoms with van der Waals surface area (Å²) in [6.45, 7) is 1.09. The van der Waals surface area contributed by atoms with Gasteiger partial charge in [0.1, 0.15) is 10.0 Å². The lowest BCUT2D eigenvalue weighted by Crippen LogP contribution is -2.54. The van der Waals surface area contributed by atoms with E-state index in [1.54, 1.807) is 29.2 Å². The van der Waals surface area contributed by atoms with Gasteiger partial charge in [-0.05, 0) is 30.2 Å². The number of thiophene rings is 1. The van der Waals surface area contributed by atoms with Gasteiger partial charge in [0.25, 0.3) is 10.0 Å². The van der Waals surface area contributed by atoms with Crippen LogP contribution in [0.3, 0.4) is 0 Å². The lowest BCUT2D eigenvalue weighted by Gasteiger charge is -2.40. The van der Waals surface area contributed by atoms with Crippen molar-refractivity contribution < 1.29 is 26.0 Å². The predicted octanol–water partition coefficient (Wildman–Crippen LogP) is 1.24. The Labute approximate surface area is 209 Å². The summed E-state index contributed by atoms with van der Waals surface area (Å²) in [7, 11) is -7.26. The number of piperidine rings is 1. The Balaban J connectivity index is 1.60. The van der Waals surface area contributed by atoms with E-state index in [1.165, 1.54) is 20.7 Å². The molecule has 2 N–H and O–H groups in total. The Morgan fingerprint density at radius 2 is 1.71 bits per heavy atom. The standard InChI is InChI=1S/C22H29FN4O5S3/c1-34(29,30)26-10-8-25(9-11-26)22(28)17-12-16(19-4-2-3-5-20(19)23)14-27(15-17)35(31,32)21-7-6-18(13-24)33-21/h2-7,16-17H,8-15,24H2,1H3. The highest BCUT2D eigenvalue weighted by molar-refractivity contribution is 7.91. The predicted molar refractivity (Wildman–Crippen MR) is 131 cm³/mol. The number of amides is 1. The molecule has 9 nitrogen and oxygen atoms in total. The van der Waals surface area contributed by atoms with E-state index < -0.39 is 37.7 Å². The Kier molecular flexibility index (Phi) is 7.65. The number of rotatable bonds is 6. The third kappa shape index (κ3) is 5.59. The van der Waals surface area contributed by atoms with Crippen molar-refractivity contribution in [3.05, 3.63) is 52.7 Å². The number of sulfonamides is 2. The van der Waals surface area contributed by atoms with Gasteiger partial charge >= 0.3 is 0 Å². The Hall–Kier alpha value is -1.90. The van der Waals surface area contributed by atoms with Crippen LogP contribution in [-0.2, 0) is 31.4 Å². The molecular formula is C22H29FN4O5S3. The van der Waals surface area contributed by atoms with Crippen molar-refractivity contribution >= 4 is 37.3 Å². The Morgan fingerprint density at radius 3 is 2.31 bits per heavy atom. The van der Waals surface area contributed by atoms with Crippen molar-refractivity contribution in [1.29, 1.82) is 0 Å². The molecule has 0 bridgehead atoms.